The molecule has 41 heavy (non-hydrogen) atoms. The van der Waals surface area contributed by atoms with Crippen molar-refractivity contribution in [1.82, 2.24) is 30.4 Å². The van der Waals surface area contributed by atoms with E-state index in [-0.39, 0.29) is 6.09 Å². The van der Waals surface area contributed by atoms with Gasteiger partial charge in [0.25, 0.3) is 0 Å². The van der Waals surface area contributed by atoms with E-state index in [0.29, 0.717) is 13.2 Å². The zero-order valence-electron chi connectivity index (χ0n) is 24.1. The van der Waals surface area contributed by atoms with Crippen LogP contribution in [0.1, 0.15) is 18.9 Å². The molecular weight excluding hydrogens is 582 g/mol. The molecule has 9 nitrogen and oxygen atoms in total. The second-order valence-corrected chi connectivity index (χ2v) is 10.6. The minimum Gasteiger partial charge on any atom is -0.445 e. The van der Waals surface area contributed by atoms with Crippen LogP contribution in [0.4, 0.5) is 10.6 Å². The molecule has 2 N–H and O–H groups in total. The average Bonchev–Trinajstić information content (AvgIpc) is 3.03. The van der Waals surface area contributed by atoms with E-state index in [0.717, 1.165) is 61.8 Å². The van der Waals surface area contributed by atoms with Gasteiger partial charge in [0.15, 0.2) is 0 Å². The maximum absolute atomic E-state index is 11.5. The van der Waals surface area contributed by atoms with E-state index in [2.05, 4.69) is 70.3 Å². The molecule has 0 spiro atoms. The molecule has 0 unspecified atom stereocenters. The molecule has 0 aliphatic carbocycles. The van der Waals surface area contributed by atoms with Crippen LogP contribution in [0, 0.1) is 0 Å². The summed E-state index contributed by atoms with van der Waals surface area (Å²) >= 11 is 3.20. The summed E-state index contributed by atoms with van der Waals surface area (Å²) in [6, 6.07) is 21.5. The highest BCUT2D eigenvalue weighted by Crippen LogP contribution is 2.12. The number of nitrogens with zero attached hydrogens (tertiary/aromatic N) is 5. The van der Waals surface area contributed by atoms with Crippen molar-refractivity contribution in [3.63, 3.8) is 0 Å². The zero-order valence-corrected chi connectivity index (χ0v) is 25.7. The van der Waals surface area contributed by atoms with Gasteiger partial charge in [0.05, 0.1) is 0 Å². The van der Waals surface area contributed by atoms with Crippen LogP contribution in [0.15, 0.2) is 83.7 Å². The first-order chi connectivity index (χ1) is 20.1. The van der Waals surface area contributed by atoms with Gasteiger partial charge in [-0.2, -0.15) is 0 Å². The minimum atomic E-state index is -0.348. The maximum atomic E-state index is 11.5. The number of hydrogen-bond acceptors (Lipinski definition) is 8. The monoisotopic (exact) mass is 625 g/mol. The highest BCUT2D eigenvalue weighted by atomic mass is 79.9. The van der Waals surface area contributed by atoms with Crippen LogP contribution in [-0.2, 0) is 11.3 Å². The van der Waals surface area contributed by atoms with Crippen molar-refractivity contribution in [3.05, 3.63) is 89.3 Å². The Morgan fingerprint density at radius 1 is 0.854 bits per heavy atom. The number of rotatable bonds is 8. The molecule has 0 radical (unpaired) electrons. The molecule has 2 fully saturated rings. The first-order valence-electron chi connectivity index (χ1n) is 14.5. The number of piperazine rings is 2. The van der Waals surface area contributed by atoms with Crippen molar-refractivity contribution >= 4 is 27.8 Å². The lowest BCUT2D eigenvalue weighted by atomic mass is 10.2. The Morgan fingerprint density at radius 3 is 2.10 bits per heavy atom. The topological polar surface area (TPSA) is 85.9 Å². The zero-order chi connectivity index (χ0) is 29.0. The summed E-state index contributed by atoms with van der Waals surface area (Å²) < 4.78 is 6.02. The van der Waals surface area contributed by atoms with Gasteiger partial charge >= 0.3 is 6.09 Å². The number of hydrogen-bond donors (Lipinski definition) is 2. The van der Waals surface area contributed by atoms with Gasteiger partial charge in [0.2, 0.25) is 0 Å². The van der Waals surface area contributed by atoms with E-state index < -0.39 is 0 Å². The van der Waals surface area contributed by atoms with Gasteiger partial charge in [-0.05, 0) is 58.7 Å². The molecule has 222 valence electrons. The highest BCUT2D eigenvalue weighted by molar-refractivity contribution is 9.10. The molecule has 2 aliphatic heterocycles. The summed E-state index contributed by atoms with van der Waals surface area (Å²) in [7, 11) is 0. The van der Waals surface area contributed by atoms with Crippen molar-refractivity contribution in [1.29, 1.82) is 0 Å². The van der Waals surface area contributed by atoms with Gasteiger partial charge in [-0.25, -0.2) is 14.8 Å². The van der Waals surface area contributed by atoms with Gasteiger partial charge in [0.1, 0.15) is 17.0 Å². The highest BCUT2D eigenvalue weighted by Gasteiger charge is 2.16. The SMILES string of the molecule is Brc1ccccn1.CCCN1CCN(c2ccccn2)CC1.O=C(NCCN1CCNCC1)OCc1ccccc1. The van der Waals surface area contributed by atoms with E-state index in [1.165, 1.54) is 26.1 Å². The first-order valence-corrected chi connectivity index (χ1v) is 15.3. The Bertz CT molecular complexity index is 1070. The predicted molar refractivity (Wildman–Crippen MR) is 169 cm³/mol. The molecular formula is C31H44BrN7O2. The predicted octanol–water partition coefficient (Wildman–Crippen LogP) is 4.28. The van der Waals surface area contributed by atoms with E-state index >= 15 is 0 Å². The van der Waals surface area contributed by atoms with Crippen LogP contribution < -0.4 is 15.5 Å². The van der Waals surface area contributed by atoms with E-state index in [9.17, 15) is 4.79 Å². The lowest BCUT2D eigenvalue weighted by Crippen LogP contribution is -2.46. The molecule has 4 heterocycles. The third-order valence-electron chi connectivity index (χ3n) is 6.63. The smallest absolute Gasteiger partial charge is 0.407 e. The fourth-order valence-electron chi connectivity index (χ4n) is 4.42. The Balaban J connectivity index is 0.000000186. The second-order valence-electron chi connectivity index (χ2n) is 9.75. The fraction of sp³-hybridized carbons (Fsp3) is 0.452. The Labute approximate surface area is 253 Å². The Morgan fingerprint density at radius 2 is 1.51 bits per heavy atom. The molecule has 0 bridgehead atoms. The summed E-state index contributed by atoms with van der Waals surface area (Å²) in [6.07, 6.45) is 4.51. The van der Waals surface area contributed by atoms with Gasteiger partial charge < -0.3 is 20.3 Å². The molecule has 5 rings (SSSR count). The molecule has 3 aromatic rings. The molecule has 1 amide bonds. The average molecular weight is 627 g/mol. The second kappa shape index (κ2) is 19.9. The molecule has 2 aliphatic rings. The molecule has 0 atom stereocenters. The van der Waals surface area contributed by atoms with Gasteiger partial charge in [-0.3, -0.25) is 9.80 Å². The van der Waals surface area contributed by atoms with Crippen molar-refractivity contribution < 1.29 is 9.53 Å². The molecule has 0 saturated carbocycles. The quantitative estimate of drug-likeness (QED) is 0.359. The maximum Gasteiger partial charge on any atom is 0.407 e. The normalized spacial score (nSPS) is 15.5. The summed E-state index contributed by atoms with van der Waals surface area (Å²) in [5.41, 5.74) is 1.000. The third-order valence-corrected chi connectivity index (χ3v) is 7.10. The van der Waals surface area contributed by atoms with E-state index in [4.69, 9.17) is 4.74 Å². The summed E-state index contributed by atoms with van der Waals surface area (Å²) in [5.74, 6) is 1.12. The largest absolute Gasteiger partial charge is 0.445 e. The lowest BCUT2D eigenvalue weighted by molar-refractivity contribution is 0.137. The van der Waals surface area contributed by atoms with E-state index in [1.54, 1.807) is 6.20 Å². The van der Waals surface area contributed by atoms with Crippen LogP contribution >= 0.6 is 15.9 Å². The number of pyridine rings is 2. The van der Waals surface area contributed by atoms with Crippen LogP contribution in [0.5, 0.6) is 0 Å². The van der Waals surface area contributed by atoms with Crippen molar-refractivity contribution in [2.24, 2.45) is 0 Å². The Kier molecular flexibility index (Phi) is 15.8. The number of anilines is 1. The number of amides is 1. The number of carbonyl (C=O) groups is 1. The van der Waals surface area contributed by atoms with Crippen LogP contribution in [-0.4, -0.2) is 97.9 Å². The number of alkyl carbamates (subject to hydrolysis) is 1. The number of halogens is 1. The Hall–Kier alpha value is -3.05. The lowest BCUT2D eigenvalue weighted by Gasteiger charge is -2.35. The third kappa shape index (κ3) is 13.9. The molecule has 1 aromatic carbocycles. The van der Waals surface area contributed by atoms with Crippen molar-refractivity contribution in [2.45, 2.75) is 20.0 Å². The fourth-order valence-corrected chi connectivity index (χ4v) is 4.70. The van der Waals surface area contributed by atoms with Crippen molar-refractivity contribution in [2.75, 3.05) is 76.9 Å². The molecule has 10 heteroatoms. The number of carbonyl (C=O) groups excluding carboxylic acids is 1. The van der Waals surface area contributed by atoms with Gasteiger partial charge in [0, 0.05) is 77.8 Å². The van der Waals surface area contributed by atoms with E-state index in [1.807, 2.05) is 60.8 Å². The van der Waals surface area contributed by atoms with Crippen LogP contribution in [0.3, 0.4) is 0 Å². The number of nitrogens with one attached hydrogen (secondary N) is 2. The number of benzene rings is 1. The summed E-state index contributed by atoms with van der Waals surface area (Å²) in [5, 5.41) is 6.08. The molecule has 2 aromatic heterocycles. The first kappa shape index (κ1) is 32.5. The minimum absolute atomic E-state index is 0.320. The number of ether oxygens (including phenoxy) is 1. The number of aromatic nitrogens is 2. The van der Waals surface area contributed by atoms with Gasteiger partial charge in [-0.1, -0.05) is 49.4 Å². The summed E-state index contributed by atoms with van der Waals surface area (Å²) in [4.78, 5) is 27.0. The molecule has 2 saturated heterocycles. The summed E-state index contributed by atoms with van der Waals surface area (Å²) in [6.45, 7) is 14.0. The standard InChI is InChI=1S/C14H21N3O2.C12H19N3.C5H4BrN/c18-14(19-12-13-4-2-1-3-5-13)16-8-11-17-9-6-15-7-10-17;1-2-7-14-8-10-15(11-9-14)12-5-3-4-6-13-12;6-5-3-1-2-4-7-5/h1-5,15H,6-12H2,(H,16,18);3-6H,2,7-11H2,1H3;1-4H. The van der Waals surface area contributed by atoms with Crippen molar-refractivity contribution in [3.8, 4) is 0 Å². The van der Waals surface area contributed by atoms with Crippen LogP contribution in [0.25, 0.3) is 0 Å². The van der Waals surface area contributed by atoms with Gasteiger partial charge in [-0.15, -0.1) is 0 Å². The van der Waals surface area contributed by atoms with Crippen LogP contribution in [0.2, 0.25) is 0 Å².